The van der Waals surface area contributed by atoms with Gasteiger partial charge in [0.1, 0.15) is 0 Å². The lowest BCUT2D eigenvalue weighted by Gasteiger charge is -2.01. The fourth-order valence-corrected chi connectivity index (χ4v) is 1.27. The van der Waals surface area contributed by atoms with Crippen molar-refractivity contribution in [1.29, 1.82) is 0 Å². The predicted molar refractivity (Wildman–Crippen MR) is 55.0 cm³/mol. The molecule has 0 spiro atoms. The molecule has 0 atom stereocenters. The van der Waals surface area contributed by atoms with Crippen LogP contribution in [0.5, 0.6) is 0 Å². The van der Waals surface area contributed by atoms with E-state index in [-0.39, 0.29) is 0 Å². The van der Waals surface area contributed by atoms with Gasteiger partial charge in [0.2, 0.25) is 0 Å². The molecule has 1 heterocycles. The van der Waals surface area contributed by atoms with E-state index in [2.05, 4.69) is 32.9 Å². The quantitative estimate of drug-likeness (QED) is 0.763. The van der Waals surface area contributed by atoms with Gasteiger partial charge in [-0.3, -0.25) is 0 Å². The molecule has 2 N–H and O–H groups in total. The first-order valence-corrected chi connectivity index (χ1v) is 4.59. The lowest BCUT2D eigenvalue weighted by atomic mass is 10.1. The first-order valence-electron chi connectivity index (χ1n) is 4.59. The molecule has 0 saturated heterocycles. The molecule has 0 fully saturated rings. The zero-order chi connectivity index (χ0) is 9.64. The first-order chi connectivity index (χ1) is 6.95. The van der Waals surface area contributed by atoms with Gasteiger partial charge in [-0.25, -0.2) is 0 Å². The van der Waals surface area contributed by atoms with E-state index < -0.39 is 0 Å². The minimum Gasteiger partial charge on any atom is -0.367 e. The van der Waals surface area contributed by atoms with Crippen molar-refractivity contribution >= 4 is 5.82 Å². The van der Waals surface area contributed by atoms with Gasteiger partial charge in [0.25, 0.3) is 0 Å². The highest BCUT2D eigenvalue weighted by atomic mass is 15.3. The van der Waals surface area contributed by atoms with Gasteiger partial charge in [-0.2, -0.15) is 10.3 Å². The second kappa shape index (κ2) is 4.41. The highest BCUT2D eigenvalue weighted by Gasteiger charge is 1.94. The van der Waals surface area contributed by atoms with Crippen LogP contribution in [0.2, 0.25) is 0 Å². The summed E-state index contributed by atoms with van der Waals surface area (Å²) in [5.41, 5.74) is 1.32. The molecular formula is C10H12N4. The van der Waals surface area contributed by atoms with Gasteiger partial charge in [0.15, 0.2) is 5.82 Å². The average Bonchev–Trinajstić information content (AvgIpc) is 2.72. The smallest absolute Gasteiger partial charge is 0.168 e. The third-order valence-electron chi connectivity index (χ3n) is 1.98. The molecule has 4 heteroatoms. The molecular weight excluding hydrogens is 176 g/mol. The van der Waals surface area contributed by atoms with Gasteiger partial charge in [-0.15, -0.1) is 5.10 Å². The Bertz CT molecular complexity index is 355. The van der Waals surface area contributed by atoms with Crippen molar-refractivity contribution in [3.05, 3.63) is 42.1 Å². The van der Waals surface area contributed by atoms with Gasteiger partial charge in [-0.05, 0) is 12.0 Å². The van der Waals surface area contributed by atoms with Crippen LogP contribution in [0, 0.1) is 0 Å². The number of H-pyrrole nitrogens is 1. The molecule has 0 bridgehead atoms. The van der Waals surface area contributed by atoms with E-state index in [0.717, 1.165) is 18.8 Å². The van der Waals surface area contributed by atoms with E-state index in [1.165, 1.54) is 5.56 Å². The highest BCUT2D eigenvalue weighted by Crippen LogP contribution is 2.01. The normalized spacial score (nSPS) is 10.0. The number of rotatable bonds is 4. The molecule has 14 heavy (non-hydrogen) atoms. The minimum atomic E-state index is 0.793. The predicted octanol–water partition coefficient (Wildman–Crippen LogP) is 1.46. The molecule has 72 valence electrons. The topological polar surface area (TPSA) is 53.6 Å². The van der Waals surface area contributed by atoms with Crippen molar-refractivity contribution in [2.75, 3.05) is 11.9 Å². The summed E-state index contributed by atoms with van der Waals surface area (Å²) in [6.45, 7) is 0.872. The summed E-state index contributed by atoms with van der Waals surface area (Å²) in [6, 6.07) is 10.3. The largest absolute Gasteiger partial charge is 0.367 e. The van der Waals surface area contributed by atoms with Crippen LogP contribution in [0.15, 0.2) is 36.5 Å². The molecule has 0 radical (unpaired) electrons. The third kappa shape index (κ3) is 2.32. The van der Waals surface area contributed by atoms with E-state index >= 15 is 0 Å². The second-order valence-electron chi connectivity index (χ2n) is 3.02. The van der Waals surface area contributed by atoms with Crippen LogP contribution in [-0.4, -0.2) is 22.0 Å². The number of benzene rings is 1. The Hall–Kier alpha value is -1.84. The molecule has 0 unspecified atom stereocenters. The maximum atomic E-state index is 3.90. The summed E-state index contributed by atoms with van der Waals surface area (Å²) >= 11 is 0. The van der Waals surface area contributed by atoms with Crippen LogP contribution < -0.4 is 5.32 Å². The molecule has 0 aliphatic carbocycles. The molecule has 0 saturated carbocycles. The van der Waals surface area contributed by atoms with Gasteiger partial charge < -0.3 is 5.32 Å². The number of aromatic amines is 1. The fourth-order valence-electron chi connectivity index (χ4n) is 1.27. The number of aromatic nitrogens is 3. The van der Waals surface area contributed by atoms with E-state index in [1.807, 2.05) is 18.2 Å². The Labute approximate surface area is 82.4 Å². The molecule has 2 rings (SSSR count). The zero-order valence-corrected chi connectivity index (χ0v) is 7.77. The van der Waals surface area contributed by atoms with Crippen molar-refractivity contribution in [3.63, 3.8) is 0 Å². The summed E-state index contributed by atoms with van der Waals surface area (Å²) in [6.07, 6.45) is 2.67. The molecule has 4 nitrogen and oxygen atoms in total. The van der Waals surface area contributed by atoms with Crippen LogP contribution in [0.3, 0.4) is 0 Å². The number of nitrogens with zero attached hydrogens (tertiary/aromatic N) is 2. The highest BCUT2D eigenvalue weighted by molar-refractivity contribution is 5.29. The van der Waals surface area contributed by atoms with E-state index in [1.54, 1.807) is 6.20 Å². The fraction of sp³-hybridized carbons (Fsp3) is 0.200. The van der Waals surface area contributed by atoms with Gasteiger partial charge in [0.05, 0.1) is 6.20 Å². The van der Waals surface area contributed by atoms with Crippen LogP contribution in [-0.2, 0) is 6.42 Å². The molecule has 0 aliphatic rings. The van der Waals surface area contributed by atoms with E-state index in [4.69, 9.17) is 0 Å². The molecule has 0 amide bonds. The SMILES string of the molecule is c1ccc(CCNc2cn[nH]n2)cc1. The lowest BCUT2D eigenvalue weighted by molar-refractivity contribution is 0.932. The Balaban J connectivity index is 1.79. The van der Waals surface area contributed by atoms with E-state index in [0.29, 0.717) is 0 Å². The maximum Gasteiger partial charge on any atom is 0.168 e. The monoisotopic (exact) mass is 188 g/mol. The van der Waals surface area contributed by atoms with Crippen LogP contribution in [0.4, 0.5) is 5.82 Å². The van der Waals surface area contributed by atoms with Crippen LogP contribution >= 0.6 is 0 Å². The average molecular weight is 188 g/mol. The Morgan fingerprint density at radius 3 is 2.79 bits per heavy atom. The van der Waals surface area contributed by atoms with Gasteiger partial charge >= 0.3 is 0 Å². The van der Waals surface area contributed by atoms with E-state index in [9.17, 15) is 0 Å². The van der Waals surface area contributed by atoms with Crippen molar-refractivity contribution < 1.29 is 0 Å². The third-order valence-corrected chi connectivity index (χ3v) is 1.98. The summed E-state index contributed by atoms with van der Waals surface area (Å²) in [5.74, 6) is 0.793. The molecule has 1 aromatic carbocycles. The van der Waals surface area contributed by atoms with Crippen LogP contribution in [0.1, 0.15) is 5.56 Å². The second-order valence-corrected chi connectivity index (χ2v) is 3.02. The zero-order valence-electron chi connectivity index (χ0n) is 7.77. The Kier molecular flexibility index (Phi) is 2.76. The summed E-state index contributed by atoms with van der Waals surface area (Å²) in [5, 5.41) is 13.3. The molecule has 1 aromatic heterocycles. The summed E-state index contributed by atoms with van der Waals surface area (Å²) in [4.78, 5) is 0. The number of nitrogens with one attached hydrogen (secondary N) is 2. The van der Waals surface area contributed by atoms with Gasteiger partial charge in [-0.1, -0.05) is 30.3 Å². The van der Waals surface area contributed by atoms with Crippen molar-refractivity contribution in [2.45, 2.75) is 6.42 Å². The Morgan fingerprint density at radius 1 is 1.21 bits per heavy atom. The summed E-state index contributed by atoms with van der Waals surface area (Å²) < 4.78 is 0. The first kappa shape index (κ1) is 8.74. The number of hydrogen-bond acceptors (Lipinski definition) is 3. The number of anilines is 1. The standard InChI is InChI=1S/C10H12N4/c1-2-4-9(5-3-1)6-7-11-10-8-12-14-13-10/h1-5,8H,6-7H2,(H2,11,12,13,14). The minimum absolute atomic E-state index is 0.793. The van der Waals surface area contributed by atoms with Crippen molar-refractivity contribution in [3.8, 4) is 0 Å². The molecule has 2 aromatic rings. The maximum absolute atomic E-state index is 3.90. The Morgan fingerprint density at radius 2 is 2.07 bits per heavy atom. The number of hydrogen-bond donors (Lipinski definition) is 2. The van der Waals surface area contributed by atoms with Crippen molar-refractivity contribution in [2.24, 2.45) is 0 Å². The van der Waals surface area contributed by atoms with Crippen molar-refractivity contribution in [1.82, 2.24) is 15.4 Å². The van der Waals surface area contributed by atoms with Crippen LogP contribution in [0.25, 0.3) is 0 Å². The lowest BCUT2D eigenvalue weighted by Crippen LogP contribution is -2.04. The summed E-state index contributed by atoms with van der Waals surface area (Å²) in [7, 11) is 0. The molecule has 0 aliphatic heterocycles. The van der Waals surface area contributed by atoms with Gasteiger partial charge in [0, 0.05) is 6.54 Å².